The first kappa shape index (κ1) is 13.8. The lowest BCUT2D eigenvalue weighted by Crippen LogP contribution is -2.32. The lowest BCUT2D eigenvalue weighted by molar-refractivity contribution is 0.438. The summed E-state index contributed by atoms with van der Waals surface area (Å²) in [7, 11) is 0. The Morgan fingerprint density at radius 2 is 1.38 bits per heavy atom. The number of rotatable bonds is 3. The van der Waals surface area contributed by atoms with Crippen LogP contribution in [0, 0.1) is 5.92 Å². The summed E-state index contributed by atoms with van der Waals surface area (Å²) < 4.78 is 0. The molecule has 1 heterocycles. The highest BCUT2D eigenvalue weighted by molar-refractivity contribution is 5.53. The van der Waals surface area contributed by atoms with Gasteiger partial charge < -0.3 is 4.90 Å². The minimum Gasteiger partial charge on any atom is -0.372 e. The van der Waals surface area contributed by atoms with Gasteiger partial charge in [-0.3, -0.25) is 0 Å². The van der Waals surface area contributed by atoms with Crippen molar-refractivity contribution in [2.24, 2.45) is 16.1 Å². The molecular weight excluding hydrogens is 258 g/mol. The van der Waals surface area contributed by atoms with E-state index in [4.69, 9.17) is 0 Å². The van der Waals surface area contributed by atoms with Crippen molar-refractivity contribution in [1.29, 1.82) is 0 Å². The van der Waals surface area contributed by atoms with E-state index in [-0.39, 0.29) is 0 Å². The smallest absolute Gasteiger partial charge is 0.0858 e. The van der Waals surface area contributed by atoms with E-state index in [0.717, 1.165) is 30.4 Å². The van der Waals surface area contributed by atoms with Gasteiger partial charge in [0, 0.05) is 18.8 Å². The molecule has 2 aromatic rings. The second-order valence-electron chi connectivity index (χ2n) is 5.72. The predicted octanol–water partition coefficient (Wildman–Crippen LogP) is 5.34. The van der Waals surface area contributed by atoms with E-state index in [0.29, 0.717) is 0 Å². The summed E-state index contributed by atoms with van der Waals surface area (Å²) in [6.07, 6.45) is 2.57. The monoisotopic (exact) mass is 279 g/mol. The molecule has 0 unspecified atom stereocenters. The normalized spacial score (nSPS) is 16.5. The third kappa shape index (κ3) is 3.69. The van der Waals surface area contributed by atoms with Gasteiger partial charge in [0.05, 0.1) is 11.4 Å². The van der Waals surface area contributed by atoms with E-state index in [2.05, 4.69) is 34.2 Å². The molecular formula is C18H21N3. The second-order valence-corrected chi connectivity index (χ2v) is 5.72. The summed E-state index contributed by atoms with van der Waals surface area (Å²) in [5.41, 5.74) is 3.07. The fraction of sp³-hybridized carbons (Fsp3) is 0.333. The van der Waals surface area contributed by atoms with E-state index >= 15 is 0 Å². The van der Waals surface area contributed by atoms with Crippen LogP contribution in [0.1, 0.15) is 19.8 Å². The van der Waals surface area contributed by atoms with Crippen LogP contribution in [0.5, 0.6) is 0 Å². The van der Waals surface area contributed by atoms with Crippen LogP contribution in [0.2, 0.25) is 0 Å². The Kier molecular flexibility index (Phi) is 4.29. The highest BCUT2D eigenvalue weighted by Crippen LogP contribution is 2.25. The van der Waals surface area contributed by atoms with Gasteiger partial charge >= 0.3 is 0 Å². The molecule has 3 rings (SSSR count). The van der Waals surface area contributed by atoms with Gasteiger partial charge in [0.25, 0.3) is 0 Å². The van der Waals surface area contributed by atoms with Crippen LogP contribution in [0.3, 0.4) is 0 Å². The summed E-state index contributed by atoms with van der Waals surface area (Å²) in [4.78, 5) is 2.46. The number of piperidine rings is 1. The summed E-state index contributed by atoms with van der Waals surface area (Å²) in [5, 5.41) is 8.52. The van der Waals surface area contributed by atoms with E-state index in [1.54, 1.807) is 0 Å². The van der Waals surface area contributed by atoms with Crippen molar-refractivity contribution in [3.05, 3.63) is 54.6 Å². The molecule has 0 N–H and O–H groups in total. The number of benzene rings is 2. The van der Waals surface area contributed by atoms with Gasteiger partial charge in [0.1, 0.15) is 0 Å². The molecule has 1 aliphatic heterocycles. The van der Waals surface area contributed by atoms with E-state index < -0.39 is 0 Å². The van der Waals surface area contributed by atoms with Gasteiger partial charge in [0.15, 0.2) is 0 Å². The zero-order chi connectivity index (χ0) is 14.5. The molecule has 1 aliphatic rings. The second kappa shape index (κ2) is 6.53. The molecule has 21 heavy (non-hydrogen) atoms. The van der Waals surface area contributed by atoms with Crippen LogP contribution in [0.4, 0.5) is 17.1 Å². The Morgan fingerprint density at radius 1 is 0.810 bits per heavy atom. The van der Waals surface area contributed by atoms with Crippen LogP contribution in [-0.4, -0.2) is 13.1 Å². The molecule has 0 atom stereocenters. The van der Waals surface area contributed by atoms with Crippen molar-refractivity contribution in [3.8, 4) is 0 Å². The minimum absolute atomic E-state index is 0.861. The van der Waals surface area contributed by atoms with Crippen LogP contribution in [-0.2, 0) is 0 Å². The Morgan fingerprint density at radius 3 is 2.00 bits per heavy atom. The van der Waals surface area contributed by atoms with Crippen molar-refractivity contribution in [2.45, 2.75) is 19.8 Å². The maximum Gasteiger partial charge on any atom is 0.0858 e. The van der Waals surface area contributed by atoms with Crippen LogP contribution in [0.25, 0.3) is 0 Å². The van der Waals surface area contributed by atoms with E-state index in [1.807, 2.05) is 42.5 Å². The molecule has 1 saturated heterocycles. The Hall–Kier alpha value is -2.16. The predicted molar refractivity (Wildman–Crippen MR) is 87.7 cm³/mol. The number of hydrogen-bond acceptors (Lipinski definition) is 3. The molecule has 0 aromatic heterocycles. The first-order valence-corrected chi connectivity index (χ1v) is 7.63. The van der Waals surface area contributed by atoms with Crippen molar-refractivity contribution < 1.29 is 0 Å². The van der Waals surface area contributed by atoms with Crippen molar-refractivity contribution in [1.82, 2.24) is 0 Å². The largest absolute Gasteiger partial charge is 0.372 e. The van der Waals surface area contributed by atoms with Crippen molar-refractivity contribution in [2.75, 3.05) is 18.0 Å². The molecule has 0 spiro atoms. The third-order valence-corrected chi connectivity index (χ3v) is 4.04. The van der Waals surface area contributed by atoms with E-state index in [1.165, 1.54) is 18.5 Å². The lowest BCUT2D eigenvalue weighted by atomic mass is 9.99. The Bertz CT molecular complexity index is 582. The fourth-order valence-corrected chi connectivity index (χ4v) is 2.61. The highest BCUT2D eigenvalue weighted by atomic mass is 15.1. The molecule has 0 amide bonds. The van der Waals surface area contributed by atoms with Crippen LogP contribution < -0.4 is 4.90 Å². The summed E-state index contributed by atoms with van der Waals surface area (Å²) >= 11 is 0. The molecule has 0 saturated carbocycles. The van der Waals surface area contributed by atoms with Crippen LogP contribution >= 0.6 is 0 Å². The van der Waals surface area contributed by atoms with Gasteiger partial charge in [-0.25, -0.2) is 0 Å². The average molecular weight is 279 g/mol. The third-order valence-electron chi connectivity index (χ3n) is 4.04. The van der Waals surface area contributed by atoms with Crippen molar-refractivity contribution in [3.63, 3.8) is 0 Å². The number of hydrogen-bond donors (Lipinski definition) is 0. The number of anilines is 1. The van der Waals surface area contributed by atoms with E-state index in [9.17, 15) is 0 Å². The topological polar surface area (TPSA) is 28.0 Å². The summed E-state index contributed by atoms with van der Waals surface area (Å²) in [6.45, 7) is 4.66. The molecule has 0 bridgehead atoms. The standard InChI is InChI=1S/C18H21N3/c1-15-11-13-21(14-12-15)18-9-7-17(8-10-18)20-19-16-5-3-2-4-6-16/h2-10,15H,11-14H2,1H3. The molecule has 2 aromatic carbocycles. The average Bonchev–Trinajstić information content (AvgIpc) is 2.55. The van der Waals surface area contributed by atoms with Crippen LogP contribution in [0.15, 0.2) is 64.8 Å². The summed E-state index contributed by atoms with van der Waals surface area (Å²) in [5.74, 6) is 0.861. The number of nitrogens with zero attached hydrogens (tertiary/aromatic N) is 3. The van der Waals surface area contributed by atoms with Gasteiger partial charge in [-0.1, -0.05) is 25.1 Å². The zero-order valence-corrected chi connectivity index (χ0v) is 12.4. The van der Waals surface area contributed by atoms with Gasteiger partial charge in [-0.2, -0.15) is 10.2 Å². The quantitative estimate of drug-likeness (QED) is 0.697. The van der Waals surface area contributed by atoms with Gasteiger partial charge in [0.2, 0.25) is 0 Å². The van der Waals surface area contributed by atoms with Crippen molar-refractivity contribution >= 4 is 17.1 Å². The maximum absolute atomic E-state index is 4.28. The lowest BCUT2D eigenvalue weighted by Gasteiger charge is -2.32. The minimum atomic E-state index is 0.861. The first-order valence-electron chi connectivity index (χ1n) is 7.63. The Labute approximate surface area is 126 Å². The molecule has 108 valence electrons. The molecule has 0 radical (unpaired) electrons. The van der Waals surface area contributed by atoms with Gasteiger partial charge in [-0.15, -0.1) is 0 Å². The zero-order valence-electron chi connectivity index (χ0n) is 12.4. The molecule has 3 nitrogen and oxygen atoms in total. The Balaban J connectivity index is 1.65. The first-order chi connectivity index (χ1) is 10.3. The molecule has 1 fully saturated rings. The maximum atomic E-state index is 4.28. The molecule has 3 heteroatoms. The SMILES string of the molecule is CC1CCN(c2ccc(N=Nc3ccccc3)cc2)CC1. The summed E-state index contributed by atoms with van der Waals surface area (Å²) in [6, 6.07) is 18.2. The molecule has 0 aliphatic carbocycles. The number of azo groups is 1. The fourth-order valence-electron chi connectivity index (χ4n) is 2.61. The van der Waals surface area contributed by atoms with Gasteiger partial charge in [-0.05, 0) is 55.2 Å². The highest BCUT2D eigenvalue weighted by Gasteiger charge is 2.15.